The molecular weight excluding hydrogens is 198 g/mol. The molecule has 16 heavy (non-hydrogen) atoms. The summed E-state index contributed by atoms with van der Waals surface area (Å²) in [6.45, 7) is 11.9. The fourth-order valence-electron chi connectivity index (χ4n) is 2.40. The number of nitrogens with one attached hydrogen (secondary N) is 1. The molecule has 1 fully saturated rings. The van der Waals surface area contributed by atoms with E-state index in [0.29, 0.717) is 5.41 Å². The quantitative estimate of drug-likeness (QED) is 0.689. The summed E-state index contributed by atoms with van der Waals surface area (Å²) in [6, 6.07) is 0. The van der Waals surface area contributed by atoms with Crippen molar-refractivity contribution < 1.29 is 0 Å². The fraction of sp³-hybridized carbons (Fsp3) is 1.00. The maximum absolute atomic E-state index is 3.51. The van der Waals surface area contributed by atoms with E-state index in [9.17, 15) is 0 Å². The number of likely N-dealkylation sites (N-methyl/N-ethyl adjacent to an activating group) is 1. The van der Waals surface area contributed by atoms with Gasteiger partial charge in [-0.1, -0.05) is 13.8 Å². The first-order valence-electron chi connectivity index (χ1n) is 6.57. The number of piperidine rings is 1. The Labute approximate surface area is 101 Å². The Hall–Kier alpha value is -0.120. The molecule has 3 heteroatoms. The van der Waals surface area contributed by atoms with Crippen LogP contribution >= 0.6 is 0 Å². The van der Waals surface area contributed by atoms with Gasteiger partial charge in [0.1, 0.15) is 0 Å². The number of nitrogens with zero attached hydrogens (tertiary/aromatic N) is 2. The Bertz CT molecular complexity index is 190. The van der Waals surface area contributed by atoms with Crippen LogP contribution in [0.15, 0.2) is 0 Å². The molecule has 1 aliphatic heterocycles. The van der Waals surface area contributed by atoms with E-state index in [1.165, 1.54) is 32.5 Å². The van der Waals surface area contributed by atoms with Crippen LogP contribution in [0.2, 0.25) is 0 Å². The van der Waals surface area contributed by atoms with Crippen molar-refractivity contribution >= 4 is 0 Å². The van der Waals surface area contributed by atoms with Crippen LogP contribution in [-0.4, -0.2) is 63.2 Å². The van der Waals surface area contributed by atoms with Gasteiger partial charge in [0.15, 0.2) is 0 Å². The standard InChI is InChI=1S/C13H29N3/c1-13(2)6-5-9-16(12-13)11-8-14-7-10-15(3)4/h14H,5-12H2,1-4H3. The molecule has 0 aliphatic carbocycles. The Kier molecular flexibility index (Phi) is 5.73. The predicted molar refractivity (Wildman–Crippen MR) is 70.9 cm³/mol. The van der Waals surface area contributed by atoms with Gasteiger partial charge in [-0.2, -0.15) is 0 Å². The van der Waals surface area contributed by atoms with E-state index < -0.39 is 0 Å². The molecule has 1 N–H and O–H groups in total. The average molecular weight is 227 g/mol. The lowest BCUT2D eigenvalue weighted by atomic mass is 9.84. The van der Waals surface area contributed by atoms with Crippen molar-refractivity contribution in [2.75, 3.05) is 53.4 Å². The molecule has 0 saturated carbocycles. The molecule has 0 unspecified atom stereocenters. The third-order valence-corrected chi connectivity index (χ3v) is 3.32. The topological polar surface area (TPSA) is 18.5 Å². The number of likely N-dealkylation sites (tertiary alicyclic amines) is 1. The zero-order valence-electron chi connectivity index (χ0n) is 11.6. The molecule has 96 valence electrons. The lowest BCUT2D eigenvalue weighted by molar-refractivity contribution is 0.118. The summed E-state index contributed by atoms with van der Waals surface area (Å²) in [7, 11) is 4.24. The van der Waals surface area contributed by atoms with Crippen molar-refractivity contribution in [3.05, 3.63) is 0 Å². The molecule has 0 spiro atoms. The molecule has 1 heterocycles. The first kappa shape index (κ1) is 13.9. The van der Waals surface area contributed by atoms with Crippen LogP contribution in [0, 0.1) is 5.41 Å². The smallest absolute Gasteiger partial charge is 0.0107 e. The molecule has 0 atom stereocenters. The molecule has 1 rings (SSSR count). The average Bonchev–Trinajstić information content (AvgIpc) is 2.15. The van der Waals surface area contributed by atoms with Crippen LogP contribution in [-0.2, 0) is 0 Å². The highest BCUT2D eigenvalue weighted by Gasteiger charge is 2.25. The van der Waals surface area contributed by atoms with E-state index in [2.05, 4.69) is 43.1 Å². The monoisotopic (exact) mass is 227 g/mol. The molecule has 3 nitrogen and oxygen atoms in total. The van der Waals surface area contributed by atoms with Gasteiger partial charge in [0.05, 0.1) is 0 Å². The zero-order chi connectivity index (χ0) is 12.0. The van der Waals surface area contributed by atoms with Crippen LogP contribution in [0.4, 0.5) is 0 Å². The van der Waals surface area contributed by atoms with Crippen molar-refractivity contribution in [2.45, 2.75) is 26.7 Å². The maximum atomic E-state index is 3.51. The Morgan fingerprint density at radius 3 is 2.62 bits per heavy atom. The lowest BCUT2D eigenvalue weighted by Crippen LogP contribution is -2.43. The zero-order valence-corrected chi connectivity index (χ0v) is 11.6. The van der Waals surface area contributed by atoms with E-state index in [0.717, 1.165) is 19.6 Å². The largest absolute Gasteiger partial charge is 0.314 e. The third kappa shape index (κ3) is 5.83. The van der Waals surface area contributed by atoms with Crippen molar-refractivity contribution in [3.63, 3.8) is 0 Å². The van der Waals surface area contributed by atoms with Crippen LogP contribution in [0.5, 0.6) is 0 Å². The van der Waals surface area contributed by atoms with Crippen molar-refractivity contribution in [2.24, 2.45) is 5.41 Å². The Morgan fingerprint density at radius 2 is 2.00 bits per heavy atom. The number of rotatable bonds is 6. The van der Waals surface area contributed by atoms with Crippen LogP contribution < -0.4 is 5.32 Å². The normalized spacial score (nSPS) is 21.6. The van der Waals surface area contributed by atoms with Crippen molar-refractivity contribution in [3.8, 4) is 0 Å². The van der Waals surface area contributed by atoms with Gasteiger partial charge in [-0.15, -0.1) is 0 Å². The van der Waals surface area contributed by atoms with Gasteiger partial charge in [0, 0.05) is 32.7 Å². The summed E-state index contributed by atoms with van der Waals surface area (Å²) in [6.07, 6.45) is 2.75. The number of hydrogen-bond donors (Lipinski definition) is 1. The predicted octanol–water partition coefficient (Wildman–Crippen LogP) is 1.26. The van der Waals surface area contributed by atoms with Crippen LogP contribution in [0.3, 0.4) is 0 Å². The molecule has 0 bridgehead atoms. The van der Waals surface area contributed by atoms with Crippen molar-refractivity contribution in [1.29, 1.82) is 0 Å². The second kappa shape index (κ2) is 6.58. The molecule has 1 aliphatic rings. The van der Waals surface area contributed by atoms with Crippen molar-refractivity contribution in [1.82, 2.24) is 15.1 Å². The summed E-state index contributed by atoms with van der Waals surface area (Å²) in [5.41, 5.74) is 0.530. The summed E-state index contributed by atoms with van der Waals surface area (Å²) in [4.78, 5) is 4.82. The molecule has 1 saturated heterocycles. The Morgan fingerprint density at radius 1 is 1.25 bits per heavy atom. The highest BCUT2D eigenvalue weighted by molar-refractivity contribution is 4.79. The summed E-state index contributed by atoms with van der Waals surface area (Å²) < 4.78 is 0. The highest BCUT2D eigenvalue weighted by atomic mass is 15.2. The van der Waals surface area contributed by atoms with Crippen LogP contribution in [0.1, 0.15) is 26.7 Å². The molecule has 0 aromatic rings. The molecule has 0 aromatic heterocycles. The number of hydrogen-bond acceptors (Lipinski definition) is 3. The van der Waals surface area contributed by atoms with E-state index in [1.54, 1.807) is 0 Å². The van der Waals surface area contributed by atoms with Gasteiger partial charge in [-0.25, -0.2) is 0 Å². The van der Waals surface area contributed by atoms with Gasteiger partial charge < -0.3 is 15.1 Å². The highest BCUT2D eigenvalue weighted by Crippen LogP contribution is 2.27. The lowest BCUT2D eigenvalue weighted by Gasteiger charge is -2.38. The SMILES string of the molecule is CN(C)CCNCCN1CCCC(C)(C)C1. The summed E-state index contributed by atoms with van der Waals surface area (Å²) >= 11 is 0. The van der Waals surface area contributed by atoms with Gasteiger partial charge in [0.2, 0.25) is 0 Å². The molecule has 0 aromatic carbocycles. The van der Waals surface area contributed by atoms with E-state index in [1.807, 2.05) is 0 Å². The van der Waals surface area contributed by atoms with E-state index in [4.69, 9.17) is 0 Å². The minimum atomic E-state index is 0.530. The second-order valence-electron chi connectivity index (χ2n) is 6.10. The van der Waals surface area contributed by atoms with Crippen LogP contribution in [0.25, 0.3) is 0 Å². The van der Waals surface area contributed by atoms with Gasteiger partial charge in [-0.3, -0.25) is 0 Å². The third-order valence-electron chi connectivity index (χ3n) is 3.32. The summed E-state index contributed by atoms with van der Waals surface area (Å²) in [5.74, 6) is 0. The second-order valence-corrected chi connectivity index (χ2v) is 6.10. The molecule has 0 amide bonds. The van der Waals surface area contributed by atoms with Gasteiger partial charge >= 0.3 is 0 Å². The molecular formula is C13H29N3. The minimum absolute atomic E-state index is 0.530. The Balaban J connectivity index is 2.04. The summed E-state index contributed by atoms with van der Waals surface area (Å²) in [5, 5.41) is 3.51. The van der Waals surface area contributed by atoms with Gasteiger partial charge in [-0.05, 0) is 38.9 Å². The first-order chi connectivity index (χ1) is 7.49. The van der Waals surface area contributed by atoms with E-state index in [-0.39, 0.29) is 0 Å². The minimum Gasteiger partial charge on any atom is -0.314 e. The van der Waals surface area contributed by atoms with E-state index >= 15 is 0 Å². The first-order valence-corrected chi connectivity index (χ1v) is 6.57. The molecule has 0 radical (unpaired) electrons. The maximum Gasteiger partial charge on any atom is 0.0107 e. The van der Waals surface area contributed by atoms with Gasteiger partial charge in [0.25, 0.3) is 0 Å². The fourth-order valence-corrected chi connectivity index (χ4v) is 2.40.